The second-order valence-corrected chi connectivity index (χ2v) is 8.88. The number of fused-ring (bicyclic) bond motifs is 1. The minimum atomic E-state index is -0.192. The number of aromatic amines is 1. The summed E-state index contributed by atoms with van der Waals surface area (Å²) < 4.78 is 0. The number of carbonyl (C=O) groups is 2. The molecule has 4 rings (SSSR count). The Morgan fingerprint density at radius 1 is 1.03 bits per heavy atom. The van der Waals surface area contributed by atoms with Gasteiger partial charge in [-0.25, -0.2) is 0 Å². The number of aromatic nitrogens is 2. The Kier molecular flexibility index (Phi) is 6.58. The van der Waals surface area contributed by atoms with Crippen LogP contribution in [0.25, 0.3) is 10.2 Å². The lowest BCUT2D eigenvalue weighted by Crippen LogP contribution is -2.15. The van der Waals surface area contributed by atoms with Gasteiger partial charge >= 0.3 is 0 Å². The van der Waals surface area contributed by atoms with Crippen molar-refractivity contribution in [3.63, 3.8) is 0 Å². The number of thiophene rings is 1. The molecule has 0 saturated heterocycles. The standard InChI is InChI=1S/C24H23ClN4O2S/c1-3-15-6-5-7-16(4-2)21(15)27-23(31)19-13-18-22(28-29-24(18)32-19)26-20(30)12-14-8-10-17(25)11-9-14/h5-11,13H,3-4,12H2,1-2H3,(H,27,31)(H2,26,28,29,30). The van der Waals surface area contributed by atoms with Gasteiger partial charge in [0.2, 0.25) is 5.91 Å². The molecule has 2 aromatic carbocycles. The average molecular weight is 467 g/mol. The SMILES string of the molecule is CCc1cccc(CC)c1NC(=O)c1cc2c(NC(=O)Cc3ccc(Cl)cc3)n[nH]c2s1. The van der Waals surface area contributed by atoms with Crippen LogP contribution >= 0.6 is 22.9 Å². The number of amides is 2. The summed E-state index contributed by atoms with van der Waals surface area (Å²) in [6.07, 6.45) is 1.88. The number of nitrogens with zero attached hydrogens (tertiary/aromatic N) is 1. The van der Waals surface area contributed by atoms with Gasteiger partial charge in [-0.3, -0.25) is 14.7 Å². The van der Waals surface area contributed by atoms with E-state index in [-0.39, 0.29) is 18.2 Å². The zero-order valence-corrected chi connectivity index (χ0v) is 19.4. The van der Waals surface area contributed by atoms with Gasteiger partial charge in [-0.1, -0.05) is 55.8 Å². The van der Waals surface area contributed by atoms with Crippen molar-refractivity contribution in [2.24, 2.45) is 0 Å². The summed E-state index contributed by atoms with van der Waals surface area (Å²) in [7, 11) is 0. The number of anilines is 2. The van der Waals surface area contributed by atoms with Crippen LogP contribution in [0, 0.1) is 0 Å². The van der Waals surface area contributed by atoms with E-state index in [1.807, 2.05) is 30.3 Å². The molecular formula is C24H23ClN4O2S. The van der Waals surface area contributed by atoms with Crippen molar-refractivity contribution in [3.05, 3.63) is 75.1 Å². The average Bonchev–Trinajstić information content (AvgIpc) is 3.37. The van der Waals surface area contributed by atoms with Crippen molar-refractivity contribution < 1.29 is 9.59 Å². The molecule has 0 aliphatic rings. The monoisotopic (exact) mass is 466 g/mol. The Hall–Kier alpha value is -3.16. The summed E-state index contributed by atoms with van der Waals surface area (Å²) >= 11 is 7.20. The number of nitrogens with one attached hydrogen (secondary N) is 3. The summed E-state index contributed by atoms with van der Waals surface area (Å²) in [6, 6.07) is 15.0. The molecule has 164 valence electrons. The van der Waals surface area contributed by atoms with Gasteiger partial charge in [-0.05, 0) is 47.7 Å². The van der Waals surface area contributed by atoms with Gasteiger partial charge in [0, 0.05) is 10.7 Å². The van der Waals surface area contributed by atoms with E-state index in [4.69, 9.17) is 11.6 Å². The van der Waals surface area contributed by atoms with E-state index in [0.29, 0.717) is 21.1 Å². The predicted molar refractivity (Wildman–Crippen MR) is 131 cm³/mol. The maximum atomic E-state index is 13.0. The highest BCUT2D eigenvalue weighted by molar-refractivity contribution is 7.20. The van der Waals surface area contributed by atoms with Gasteiger partial charge in [-0.15, -0.1) is 11.3 Å². The first kappa shape index (κ1) is 22.0. The summed E-state index contributed by atoms with van der Waals surface area (Å²) in [6.45, 7) is 4.15. The molecule has 4 aromatic rings. The maximum absolute atomic E-state index is 13.0. The van der Waals surface area contributed by atoms with Gasteiger partial charge in [0.1, 0.15) is 4.83 Å². The van der Waals surface area contributed by atoms with Crippen LogP contribution in [0.3, 0.4) is 0 Å². The van der Waals surface area contributed by atoms with Crippen LogP contribution in [0.5, 0.6) is 0 Å². The fourth-order valence-electron chi connectivity index (χ4n) is 3.57. The van der Waals surface area contributed by atoms with Gasteiger partial charge in [-0.2, -0.15) is 5.10 Å². The van der Waals surface area contributed by atoms with E-state index in [0.717, 1.165) is 40.0 Å². The van der Waals surface area contributed by atoms with E-state index in [1.54, 1.807) is 18.2 Å². The molecular weight excluding hydrogens is 444 g/mol. The van der Waals surface area contributed by atoms with E-state index in [2.05, 4.69) is 34.7 Å². The summed E-state index contributed by atoms with van der Waals surface area (Å²) in [4.78, 5) is 26.7. The Morgan fingerprint density at radius 3 is 2.38 bits per heavy atom. The van der Waals surface area contributed by atoms with Crippen LogP contribution in [0.2, 0.25) is 5.02 Å². The normalized spacial score (nSPS) is 11.0. The van der Waals surface area contributed by atoms with E-state index >= 15 is 0 Å². The van der Waals surface area contributed by atoms with Gasteiger partial charge < -0.3 is 10.6 Å². The molecule has 0 saturated carbocycles. The predicted octanol–water partition coefficient (Wildman–Crippen LogP) is 5.84. The van der Waals surface area contributed by atoms with Crippen molar-refractivity contribution in [3.8, 4) is 0 Å². The quantitative estimate of drug-likeness (QED) is 0.320. The van der Waals surface area contributed by atoms with Crippen LogP contribution in [-0.4, -0.2) is 22.0 Å². The van der Waals surface area contributed by atoms with E-state index in [9.17, 15) is 9.59 Å². The third-order valence-corrected chi connectivity index (χ3v) is 6.54. The third kappa shape index (κ3) is 4.69. The molecule has 0 spiro atoms. The molecule has 2 amide bonds. The Balaban J connectivity index is 1.51. The minimum absolute atomic E-state index is 0.173. The largest absolute Gasteiger partial charge is 0.321 e. The molecule has 2 heterocycles. The van der Waals surface area contributed by atoms with Crippen molar-refractivity contribution in [1.82, 2.24) is 10.2 Å². The van der Waals surface area contributed by atoms with Crippen LogP contribution < -0.4 is 10.6 Å². The zero-order chi connectivity index (χ0) is 22.7. The second-order valence-electron chi connectivity index (χ2n) is 7.39. The van der Waals surface area contributed by atoms with Crippen LogP contribution in [-0.2, 0) is 24.1 Å². The van der Waals surface area contributed by atoms with Crippen LogP contribution in [0.4, 0.5) is 11.5 Å². The van der Waals surface area contributed by atoms with E-state index in [1.165, 1.54) is 11.3 Å². The number of halogens is 1. The first-order chi connectivity index (χ1) is 15.5. The summed E-state index contributed by atoms with van der Waals surface area (Å²) in [5, 5.41) is 14.3. The fraction of sp³-hybridized carbons (Fsp3) is 0.208. The summed E-state index contributed by atoms with van der Waals surface area (Å²) in [5.74, 6) is 0.0495. The highest BCUT2D eigenvalue weighted by Crippen LogP contribution is 2.31. The topological polar surface area (TPSA) is 86.9 Å². The Labute approximate surface area is 195 Å². The molecule has 6 nitrogen and oxygen atoms in total. The molecule has 0 unspecified atom stereocenters. The third-order valence-electron chi connectivity index (χ3n) is 5.25. The molecule has 0 atom stereocenters. The van der Waals surface area contributed by atoms with Crippen molar-refractivity contribution >= 4 is 56.5 Å². The van der Waals surface area contributed by atoms with Gasteiger partial charge in [0.05, 0.1) is 16.7 Å². The molecule has 0 aliphatic heterocycles. The highest BCUT2D eigenvalue weighted by Gasteiger charge is 2.18. The second kappa shape index (κ2) is 9.54. The van der Waals surface area contributed by atoms with Crippen LogP contribution in [0.1, 0.15) is 40.2 Å². The molecule has 0 bridgehead atoms. The van der Waals surface area contributed by atoms with E-state index < -0.39 is 0 Å². The number of H-pyrrole nitrogens is 1. The number of hydrogen-bond donors (Lipinski definition) is 3. The van der Waals surface area contributed by atoms with Crippen LogP contribution in [0.15, 0.2) is 48.5 Å². The first-order valence-corrected chi connectivity index (χ1v) is 11.6. The molecule has 8 heteroatoms. The Bertz CT molecular complexity index is 1250. The van der Waals surface area contributed by atoms with Gasteiger partial charge in [0.15, 0.2) is 5.82 Å². The lowest BCUT2D eigenvalue weighted by atomic mass is 10.0. The smallest absolute Gasteiger partial charge is 0.265 e. The molecule has 0 aliphatic carbocycles. The number of carbonyl (C=O) groups excluding carboxylic acids is 2. The number of benzene rings is 2. The number of para-hydroxylation sites is 1. The molecule has 0 fully saturated rings. The fourth-order valence-corrected chi connectivity index (χ4v) is 4.59. The molecule has 3 N–H and O–H groups in total. The molecule has 2 aromatic heterocycles. The number of rotatable bonds is 7. The lowest BCUT2D eigenvalue weighted by Gasteiger charge is -2.13. The first-order valence-electron chi connectivity index (χ1n) is 10.4. The summed E-state index contributed by atoms with van der Waals surface area (Å²) in [5.41, 5.74) is 3.95. The lowest BCUT2D eigenvalue weighted by molar-refractivity contribution is -0.115. The van der Waals surface area contributed by atoms with Crippen molar-refractivity contribution in [2.45, 2.75) is 33.1 Å². The highest BCUT2D eigenvalue weighted by atomic mass is 35.5. The van der Waals surface area contributed by atoms with Crippen molar-refractivity contribution in [1.29, 1.82) is 0 Å². The Morgan fingerprint density at radius 2 is 1.72 bits per heavy atom. The molecule has 32 heavy (non-hydrogen) atoms. The molecule has 0 radical (unpaired) electrons. The van der Waals surface area contributed by atoms with Gasteiger partial charge in [0.25, 0.3) is 5.91 Å². The maximum Gasteiger partial charge on any atom is 0.265 e. The minimum Gasteiger partial charge on any atom is -0.321 e. The number of aryl methyl sites for hydroxylation is 2. The number of hydrogen-bond acceptors (Lipinski definition) is 4. The van der Waals surface area contributed by atoms with Crippen molar-refractivity contribution in [2.75, 3.05) is 10.6 Å². The zero-order valence-electron chi connectivity index (χ0n) is 17.8.